The van der Waals surface area contributed by atoms with E-state index < -0.39 is 0 Å². The molecule has 2 amide bonds. The molecule has 1 N–H and O–H groups in total. The third-order valence-corrected chi connectivity index (χ3v) is 5.67. The van der Waals surface area contributed by atoms with Gasteiger partial charge in [0.25, 0.3) is 0 Å². The van der Waals surface area contributed by atoms with Gasteiger partial charge in [-0.2, -0.15) is 0 Å². The highest BCUT2D eigenvalue weighted by molar-refractivity contribution is 8.00. The zero-order valence-corrected chi connectivity index (χ0v) is 18.1. The predicted molar refractivity (Wildman–Crippen MR) is 116 cm³/mol. The minimum absolute atomic E-state index is 0.0295. The van der Waals surface area contributed by atoms with Crippen molar-refractivity contribution in [2.24, 2.45) is 0 Å². The lowest BCUT2D eigenvalue weighted by Gasteiger charge is -2.32. The van der Waals surface area contributed by atoms with Crippen molar-refractivity contribution in [2.75, 3.05) is 37.8 Å². The van der Waals surface area contributed by atoms with Crippen LogP contribution in [0.2, 0.25) is 0 Å². The van der Waals surface area contributed by atoms with Crippen LogP contribution in [0.1, 0.15) is 5.56 Å². The van der Waals surface area contributed by atoms with Gasteiger partial charge >= 0.3 is 0 Å². The van der Waals surface area contributed by atoms with Crippen molar-refractivity contribution in [3.05, 3.63) is 48.4 Å². The molecule has 11 nitrogen and oxygen atoms in total. The summed E-state index contributed by atoms with van der Waals surface area (Å²) < 4.78 is 5.71. The number of ether oxygens (including phenoxy) is 1. The molecule has 0 aliphatic carbocycles. The van der Waals surface area contributed by atoms with Gasteiger partial charge in [-0.25, -0.2) is 4.98 Å². The zero-order chi connectivity index (χ0) is 22.2. The number of hydrogen-bond acceptors (Lipinski definition) is 9. The van der Waals surface area contributed by atoms with E-state index in [0.717, 1.165) is 5.56 Å². The van der Waals surface area contributed by atoms with E-state index in [1.165, 1.54) is 16.6 Å². The third-order valence-electron chi connectivity index (χ3n) is 4.75. The van der Waals surface area contributed by atoms with Gasteiger partial charge in [-0.3, -0.25) is 14.6 Å². The quantitative estimate of drug-likeness (QED) is 0.470. The van der Waals surface area contributed by atoms with Gasteiger partial charge in [0.05, 0.1) is 24.7 Å². The second-order valence-corrected chi connectivity index (χ2v) is 8.05. The highest BCUT2D eigenvalue weighted by atomic mass is 32.2. The van der Waals surface area contributed by atoms with E-state index in [-0.39, 0.29) is 36.0 Å². The van der Waals surface area contributed by atoms with Crippen molar-refractivity contribution in [2.45, 2.75) is 12.6 Å². The molecule has 1 fully saturated rings. The number of hydrogen-bond donors (Lipinski definition) is 1. The predicted octanol–water partition coefficient (Wildman–Crippen LogP) is -0.0731. The lowest BCUT2D eigenvalue weighted by atomic mass is 10.3. The molecule has 1 atom stereocenters. The molecule has 0 spiro atoms. The standard InChI is InChI=1S/C20H23N7O4S/c28-18(23-10-15-3-6-21-7-4-15)13-32-14-19(29)26-8-9-30-16(11-26)12-31-27-20-17(24-25-27)2-1-5-22-20/h1-7,16H,8-14H2,(H,23,28). The number of nitrogens with zero attached hydrogens (tertiary/aromatic N) is 6. The van der Waals surface area contributed by atoms with E-state index in [1.807, 2.05) is 12.1 Å². The molecule has 0 aromatic carbocycles. The summed E-state index contributed by atoms with van der Waals surface area (Å²) in [6.07, 6.45) is 4.71. The first-order valence-electron chi connectivity index (χ1n) is 10.1. The van der Waals surface area contributed by atoms with Crippen LogP contribution in [0.4, 0.5) is 0 Å². The summed E-state index contributed by atoms with van der Waals surface area (Å²) in [6.45, 7) is 2.00. The van der Waals surface area contributed by atoms with Crippen LogP contribution < -0.4 is 10.2 Å². The van der Waals surface area contributed by atoms with Crippen LogP contribution in [0.5, 0.6) is 0 Å². The van der Waals surface area contributed by atoms with Crippen LogP contribution in [0.3, 0.4) is 0 Å². The number of morpholine rings is 1. The molecule has 4 heterocycles. The summed E-state index contributed by atoms with van der Waals surface area (Å²) in [6, 6.07) is 7.26. The number of amides is 2. The monoisotopic (exact) mass is 457 g/mol. The number of thioether (sulfide) groups is 1. The molecule has 3 aromatic heterocycles. The Kier molecular flexibility index (Phi) is 7.46. The second-order valence-electron chi connectivity index (χ2n) is 7.06. The van der Waals surface area contributed by atoms with Crippen LogP contribution in [0.15, 0.2) is 42.9 Å². The van der Waals surface area contributed by atoms with Crippen molar-refractivity contribution in [3.8, 4) is 0 Å². The number of pyridine rings is 2. The molecule has 12 heteroatoms. The first kappa shape index (κ1) is 22.0. The number of carbonyl (C=O) groups excluding carboxylic acids is 2. The molecule has 1 unspecified atom stereocenters. The molecular weight excluding hydrogens is 434 g/mol. The molecule has 1 aliphatic heterocycles. The fourth-order valence-electron chi connectivity index (χ4n) is 3.11. The zero-order valence-electron chi connectivity index (χ0n) is 17.3. The largest absolute Gasteiger partial charge is 0.391 e. The molecule has 4 rings (SSSR count). The van der Waals surface area contributed by atoms with E-state index in [4.69, 9.17) is 9.57 Å². The van der Waals surface area contributed by atoms with Crippen molar-refractivity contribution < 1.29 is 19.2 Å². The first-order chi connectivity index (χ1) is 15.7. The Morgan fingerprint density at radius 2 is 2.09 bits per heavy atom. The highest BCUT2D eigenvalue weighted by Crippen LogP contribution is 2.10. The Morgan fingerprint density at radius 1 is 1.22 bits per heavy atom. The Bertz CT molecular complexity index is 1050. The summed E-state index contributed by atoms with van der Waals surface area (Å²) in [5.41, 5.74) is 2.14. The van der Waals surface area contributed by atoms with E-state index in [1.54, 1.807) is 35.6 Å². The van der Waals surface area contributed by atoms with E-state index in [2.05, 4.69) is 25.6 Å². The number of fused-ring (bicyclic) bond motifs is 1. The van der Waals surface area contributed by atoms with Gasteiger partial charge in [-0.05, 0) is 35.0 Å². The molecule has 3 aromatic rings. The number of aromatic nitrogens is 5. The molecule has 32 heavy (non-hydrogen) atoms. The molecule has 0 radical (unpaired) electrons. The smallest absolute Gasteiger partial charge is 0.232 e. The lowest BCUT2D eigenvalue weighted by Crippen LogP contribution is -2.49. The summed E-state index contributed by atoms with van der Waals surface area (Å²) in [4.78, 5) is 41.3. The molecule has 0 saturated carbocycles. The maximum atomic E-state index is 12.5. The Balaban J connectivity index is 1.17. The number of rotatable bonds is 9. The highest BCUT2D eigenvalue weighted by Gasteiger charge is 2.25. The minimum atomic E-state index is -0.288. The Hall–Kier alpha value is -3.25. The SMILES string of the molecule is O=C(CSCC(=O)N1CCOC(COn2nnc3cccnc32)C1)NCc1ccncc1. The summed E-state index contributed by atoms with van der Waals surface area (Å²) in [5, 5.41) is 10.7. The topological polar surface area (TPSA) is 124 Å². The third kappa shape index (κ3) is 5.92. The average Bonchev–Trinajstić information content (AvgIpc) is 3.25. The average molecular weight is 458 g/mol. The van der Waals surface area contributed by atoms with Crippen molar-refractivity contribution in [1.29, 1.82) is 0 Å². The fraction of sp³-hybridized carbons (Fsp3) is 0.400. The van der Waals surface area contributed by atoms with Crippen LogP contribution in [0, 0.1) is 0 Å². The van der Waals surface area contributed by atoms with E-state index >= 15 is 0 Å². The number of carbonyl (C=O) groups is 2. The van der Waals surface area contributed by atoms with Crippen LogP contribution >= 0.6 is 11.8 Å². The summed E-state index contributed by atoms with van der Waals surface area (Å²) in [7, 11) is 0. The lowest BCUT2D eigenvalue weighted by molar-refractivity contribution is -0.138. The molecular formula is C20H23N7O4S. The number of nitrogens with one attached hydrogen (secondary N) is 1. The Morgan fingerprint density at radius 3 is 2.97 bits per heavy atom. The molecule has 168 valence electrons. The molecule has 1 saturated heterocycles. The van der Waals surface area contributed by atoms with Gasteiger partial charge in [0.2, 0.25) is 17.5 Å². The van der Waals surface area contributed by atoms with Crippen molar-refractivity contribution in [3.63, 3.8) is 0 Å². The molecule has 1 aliphatic rings. The second kappa shape index (κ2) is 10.9. The summed E-state index contributed by atoms with van der Waals surface area (Å²) in [5.74, 6) is 0.313. The summed E-state index contributed by atoms with van der Waals surface area (Å²) >= 11 is 1.29. The van der Waals surface area contributed by atoms with Crippen molar-refractivity contribution in [1.82, 2.24) is 35.3 Å². The minimum Gasteiger partial charge on any atom is -0.391 e. The van der Waals surface area contributed by atoms with Crippen molar-refractivity contribution >= 4 is 34.7 Å². The van der Waals surface area contributed by atoms with Crippen LogP contribution in [0.25, 0.3) is 11.2 Å². The van der Waals surface area contributed by atoms with Gasteiger partial charge < -0.3 is 19.8 Å². The van der Waals surface area contributed by atoms with E-state index in [9.17, 15) is 9.59 Å². The maximum Gasteiger partial charge on any atom is 0.232 e. The molecule has 0 bridgehead atoms. The van der Waals surface area contributed by atoms with Gasteiger partial charge in [-0.1, -0.05) is 4.85 Å². The normalized spacial score (nSPS) is 16.1. The first-order valence-corrected chi connectivity index (χ1v) is 11.3. The van der Waals surface area contributed by atoms with Crippen LogP contribution in [-0.2, 0) is 20.9 Å². The van der Waals surface area contributed by atoms with Gasteiger partial charge in [0, 0.05) is 31.7 Å². The van der Waals surface area contributed by atoms with Crippen LogP contribution in [-0.4, -0.2) is 85.8 Å². The van der Waals surface area contributed by atoms with Gasteiger partial charge in [0.1, 0.15) is 18.2 Å². The Labute approximate surface area is 188 Å². The maximum absolute atomic E-state index is 12.5. The van der Waals surface area contributed by atoms with Gasteiger partial charge in [-0.15, -0.1) is 16.9 Å². The van der Waals surface area contributed by atoms with E-state index in [0.29, 0.717) is 37.4 Å². The van der Waals surface area contributed by atoms with Gasteiger partial charge in [0.15, 0.2) is 0 Å². The fourth-order valence-corrected chi connectivity index (χ4v) is 3.85.